The number of carbonyl (C=O) groups excluding carboxylic acids is 2. The first kappa shape index (κ1) is 27.6. The summed E-state index contributed by atoms with van der Waals surface area (Å²) in [5, 5.41) is 8.21. The SMILES string of the molecule is CC1CC2CN(C(=O)C=CC3CCC(OC(F)(F)F)CC3)CC2CCCC1C(=O)C1CCC2N=NNC2C1. The molecule has 0 aromatic carbocycles. The van der Waals surface area contributed by atoms with E-state index >= 15 is 0 Å². The van der Waals surface area contributed by atoms with Crippen LogP contribution in [0.1, 0.15) is 77.6 Å². The topological polar surface area (TPSA) is 83.4 Å². The van der Waals surface area contributed by atoms with E-state index in [9.17, 15) is 22.8 Å². The standard InChI is InChI=1S/C28H41F3N4O3/c1-17-13-21-16-35(26(36)12-7-18-5-9-22(10-6-18)38-28(29,30)31)15-20(21)3-2-4-23(17)27(37)19-8-11-24-25(14-19)33-34-32-24/h7,12,17-25H,2-6,8-11,13-16H2,1H3,(H,32,33). The molecule has 212 valence electrons. The van der Waals surface area contributed by atoms with Gasteiger partial charge in [0.1, 0.15) is 5.78 Å². The zero-order chi connectivity index (χ0) is 26.9. The molecular formula is C28H41F3N4O3. The van der Waals surface area contributed by atoms with Crippen molar-refractivity contribution in [2.24, 2.45) is 45.8 Å². The van der Waals surface area contributed by atoms with Crippen LogP contribution in [0.3, 0.4) is 0 Å². The molecule has 0 spiro atoms. The molecule has 1 N–H and O–H groups in total. The van der Waals surface area contributed by atoms with E-state index in [1.807, 2.05) is 11.0 Å². The second kappa shape index (κ2) is 11.6. The Bertz CT molecular complexity index is 918. The molecular weight excluding hydrogens is 497 g/mol. The van der Waals surface area contributed by atoms with Gasteiger partial charge in [-0.2, -0.15) is 5.11 Å². The molecule has 3 saturated carbocycles. The monoisotopic (exact) mass is 538 g/mol. The molecule has 2 heterocycles. The summed E-state index contributed by atoms with van der Waals surface area (Å²) in [6.07, 6.45) is 6.72. The van der Waals surface area contributed by atoms with E-state index in [-0.39, 0.29) is 35.7 Å². The number of amides is 1. The maximum atomic E-state index is 13.6. The zero-order valence-electron chi connectivity index (χ0n) is 22.2. The largest absolute Gasteiger partial charge is 0.522 e. The molecule has 0 radical (unpaired) electrons. The molecule has 2 aliphatic heterocycles. The van der Waals surface area contributed by atoms with Crippen LogP contribution in [0.5, 0.6) is 0 Å². The molecule has 0 bridgehead atoms. The highest BCUT2D eigenvalue weighted by Gasteiger charge is 2.43. The maximum Gasteiger partial charge on any atom is 0.522 e. The van der Waals surface area contributed by atoms with Crippen LogP contribution >= 0.6 is 0 Å². The van der Waals surface area contributed by atoms with E-state index in [4.69, 9.17) is 0 Å². The number of ether oxygens (including phenoxy) is 1. The Hall–Kier alpha value is -1.97. The van der Waals surface area contributed by atoms with Crippen LogP contribution in [0.25, 0.3) is 0 Å². The van der Waals surface area contributed by atoms with Crippen LogP contribution in [0.15, 0.2) is 22.5 Å². The number of hydrogen-bond acceptors (Lipinski definition) is 6. The quantitative estimate of drug-likeness (QED) is 0.461. The Morgan fingerprint density at radius 3 is 2.50 bits per heavy atom. The Labute approximate surface area is 223 Å². The molecule has 1 saturated heterocycles. The Balaban J connectivity index is 1.10. The third-order valence-electron chi connectivity index (χ3n) is 9.88. The van der Waals surface area contributed by atoms with E-state index in [1.165, 1.54) is 0 Å². The molecule has 3 aliphatic carbocycles. The summed E-state index contributed by atoms with van der Waals surface area (Å²) in [6, 6.07) is 0.431. The molecule has 5 rings (SSSR count). The van der Waals surface area contributed by atoms with Crippen LogP contribution in [-0.2, 0) is 14.3 Å². The number of Topliss-reactive ketones (excluding diaryl/α,β-unsaturated/α-hetero) is 1. The molecule has 7 atom stereocenters. The van der Waals surface area contributed by atoms with E-state index < -0.39 is 12.5 Å². The molecule has 0 aromatic rings. The second-order valence-corrected chi connectivity index (χ2v) is 12.4. The molecule has 38 heavy (non-hydrogen) atoms. The van der Waals surface area contributed by atoms with Gasteiger partial charge in [0.15, 0.2) is 0 Å². The van der Waals surface area contributed by atoms with Crippen molar-refractivity contribution in [3.8, 4) is 0 Å². The number of hydrogen-bond donors (Lipinski definition) is 1. The lowest BCUT2D eigenvalue weighted by molar-refractivity contribution is -0.345. The van der Waals surface area contributed by atoms with Crippen molar-refractivity contribution >= 4 is 11.7 Å². The number of rotatable bonds is 5. The molecule has 0 aromatic heterocycles. The predicted octanol–water partition coefficient (Wildman–Crippen LogP) is 5.62. The fourth-order valence-corrected chi connectivity index (χ4v) is 7.75. The highest BCUT2D eigenvalue weighted by molar-refractivity contribution is 5.88. The lowest BCUT2D eigenvalue weighted by Crippen LogP contribution is -2.42. The van der Waals surface area contributed by atoms with Gasteiger partial charge in [-0.3, -0.25) is 19.8 Å². The Morgan fingerprint density at radius 2 is 1.74 bits per heavy atom. The minimum absolute atomic E-state index is 0.00217. The van der Waals surface area contributed by atoms with E-state index in [0.29, 0.717) is 49.2 Å². The second-order valence-electron chi connectivity index (χ2n) is 12.4. The van der Waals surface area contributed by atoms with Crippen molar-refractivity contribution < 1.29 is 27.5 Å². The Kier molecular flexibility index (Phi) is 8.45. The number of halogens is 3. The van der Waals surface area contributed by atoms with Crippen LogP contribution in [0.4, 0.5) is 13.2 Å². The lowest BCUT2D eigenvalue weighted by atomic mass is 9.69. The summed E-state index contributed by atoms with van der Waals surface area (Å²) in [7, 11) is 0. The van der Waals surface area contributed by atoms with Crippen molar-refractivity contribution in [1.82, 2.24) is 10.3 Å². The van der Waals surface area contributed by atoms with Crippen LogP contribution in [0, 0.1) is 35.5 Å². The zero-order valence-corrected chi connectivity index (χ0v) is 22.2. The summed E-state index contributed by atoms with van der Waals surface area (Å²) < 4.78 is 41.5. The van der Waals surface area contributed by atoms with E-state index in [2.05, 4.69) is 27.4 Å². The lowest BCUT2D eigenvalue weighted by Gasteiger charge is -2.35. The van der Waals surface area contributed by atoms with Gasteiger partial charge < -0.3 is 4.90 Å². The smallest absolute Gasteiger partial charge is 0.339 e. The summed E-state index contributed by atoms with van der Waals surface area (Å²) in [6.45, 7) is 3.71. The highest BCUT2D eigenvalue weighted by atomic mass is 19.4. The van der Waals surface area contributed by atoms with Crippen molar-refractivity contribution in [2.45, 2.75) is 102 Å². The number of fused-ring (bicyclic) bond motifs is 2. The van der Waals surface area contributed by atoms with Crippen molar-refractivity contribution in [3.05, 3.63) is 12.2 Å². The highest BCUT2D eigenvalue weighted by Crippen LogP contribution is 2.41. The molecule has 7 nitrogen and oxygen atoms in total. The van der Waals surface area contributed by atoms with Gasteiger partial charge in [-0.25, -0.2) is 0 Å². The van der Waals surface area contributed by atoms with Crippen LogP contribution in [0.2, 0.25) is 0 Å². The third kappa shape index (κ3) is 6.59. The number of nitrogens with zero attached hydrogens (tertiary/aromatic N) is 3. The molecule has 10 heteroatoms. The van der Waals surface area contributed by atoms with Crippen molar-refractivity contribution in [2.75, 3.05) is 13.1 Å². The summed E-state index contributed by atoms with van der Waals surface area (Å²) in [5.41, 5.74) is 3.08. The summed E-state index contributed by atoms with van der Waals surface area (Å²) >= 11 is 0. The van der Waals surface area contributed by atoms with E-state index in [1.54, 1.807) is 6.08 Å². The maximum absolute atomic E-state index is 13.6. The van der Waals surface area contributed by atoms with Gasteiger partial charge in [-0.15, -0.1) is 13.2 Å². The number of likely N-dealkylation sites (tertiary alicyclic amines) is 1. The van der Waals surface area contributed by atoms with Crippen LogP contribution < -0.4 is 5.43 Å². The predicted molar refractivity (Wildman–Crippen MR) is 135 cm³/mol. The normalized spacial score (nSPS) is 39.8. The van der Waals surface area contributed by atoms with Gasteiger partial charge in [0.2, 0.25) is 5.91 Å². The first-order chi connectivity index (χ1) is 18.2. The van der Waals surface area contributed by atoms with Gasteiger partial charge in [0.05, 0.1) is 18.2 Å². The number of carbonyl (C=O) groups is 2. The number of allylic oxidation sites excluding steroid dienone is 1. The number of ketones is 1. The summed E-state index contributed by atoms with van der Waals surface area (Å²) in [4.78, 5) is 28.5. The van der Waals surface area contributed by atoms with E-state index in [0.717, 1.165) is 58.0 Å². The van der Waals surface area contributed by atoms with Crippen LogP contribution in [-0.4, -0.2) is 54.2 Å². The van der Waals surface area contributed by atoms with Gasteiger partial charge in [-0.05, 0) is 94.0 Å². The van der Waals surface area contributed by atoms with Gasteiger partial charge in [-0.1, -0.05) is 24.6 Å². The first-order valence-electron chi connectivity index (χ1n) is 14.6. The molecule has 1 amide bonds. The number of nitrogens with one attached hydrogen (secondary N) is 1. The van der Waals surface area contributed by atoms with Gasteiger partial charge >= 0.3 is 6.36 Å². The van der Waals surface area contributed by atoms with Crippen molar-refractivity contribution in [1.29, 1.82) is 0 Å². The molecule has 5 aliphatic rings. The van der Waals surface area contributed by atoms with Gasteiger partial charge in [0.25, 0.3) is 0 Å². The Morgan fingerprint density at radius 1 is 0.974 bits per heavy atom. The fraction of sp³-hybridized carbons (Fsp3) is 0.857. The molecule has 7 unspecified atom stereocenters. The summed E-state index contributed by atoms with van der Waals surface area (Å²) in [5.74, 6) is 1.92. The first-order valence-corrected chi connectivity index (χ1v) is 14.6. The molecule has 4 fully saturated rings. The minimum atomic E-state index is -4.59. The minimum Gasteiger partial charge on any atom is -0.339 e. The third-order valence-corrected chi connectivity index (χ3v) is 9.88. The van der Waals surface area contributed by atoms with Crippen molar-refractivity contribution in [3.63, 3.8) is 0 Å². The fourth-order valence-electron chi connectivity index (χ4n) is 7.75. The average Bonchev–Trinajstić information content (AvgIpc) is 3.50. The van der Waals surface area contributed by atoms with Gasteiger partial charge in [0, 0.05) is 24.9 Å². The number of alkyl halides is 3. The average molecular weight is 539 g/mol.